The van der Waals surface area contributed by atoms with Gasteiger partial charge in [0.05, 0.1) is 0 Å². The Morgan fingerprint density at radius 3 is 2.57 bits per heavy atom. The zero-order valence-electron chi connectivity index (χ0n) is 14.7. The molecule has 126 valence electrons. The Morgan fingerprint density at radius 2 is 2.00 bits per heavy atom. The molecular weight excluding hydrogens is 284 g/mol. The summed E-state index contributed by atoms with van der Waals surface area (Å²) in [5, 5.41) is 0. The average Bonchev–Trinajstić information content (AvgIpc) is 2.55. The largest absolute Gasteiger partial charge is 0.339 e. The van der Waals surface area contributed by atoms with E-state index in [1.165, 1.54) is 11.1 Å². The second kappa shape index (κ2) is 10.8. The van der Waals surface area contributed by atoms with Crippen molar-refractivity contribution in [3.63, 3.8) is 0 Å². The molecule has 0 aromatic heterocycles. The third kappa shape index (κ3) is 7.80. The Kier molecular flexibility index (Phi) is 9.00. The monoisotopic (exact) mass is 314 g/mol. The summed E-state index contributed by atoms with van der Waals surface area (Å²) in [7, 11) is 0. The highest BCUT2D eigenvalue weighted by atomic mass is 16.2. The third-order valence-electron chi connectivity index (χ3n) is 3.87. The van der Waals surface area contributed by atoms with Gasteiger partial charge in [0, 0.05) is 26.1 Å². The van der Waals surface area contributed by atoms with E-state index in [1.54, 1.807) is 6.92 Å². The Balaban J connectivity index is 2.52. The van der Waals surface area contributed by atoms with Crippen molar-refractivity contribution in [2.75, 3.05) is 13.1 Å². The molecule has 0 unspecified atom stereocenters. The van der Waals surface area contributed by atoms with Gasteiger partial charge in [0.2, 0.25) is 5.91 Å². The van der Waals surface area contributed by atoms with Crippen LogP contribution in [0.2, 0.25) is 0 Å². The van der Waals surface area contributed by atoms with Crippen LogP contribution in [0.4, 0.5) is 0 Å². The summed E-state index contributed by atoms with van der Waals surface area (Å²) in [6.07, 6.45) is 8.93. The molecular formula is C20H30N2O. The van der Waals surface area contributed by atoms with Crippen LogP contribution in [0.1, 0.15) is 39.2 Å². The topological polar surface area (TPSA) is 46.3 Å². The van der Waals surface area contributed by atoms with Gasteiger partial charge < -0.3 is 10.6 Å². The standard InChI is InChI=1S/C20H30N2O/c1-4-6-10-18(5-2)16-22(17(3)23)14-13-20(21)15-19-11-8-7-9-12-19/h5-12,20H,4,13-16,21H2,1-3H3/b10-6-,18-5+/t20-/m1/s1. The van der Waals surface area contributed by atoms with Gasteiger partial charge in [-0.1, -0.05) is 55.5 Å². The van der Waals surface area contributed by atoms with E-state index in [0.29, 0.717) is 13.1 Å². The third-order valence-corrected chi connectivity index (χ3v) is 3.87. The molecule has 23 heavy (non-hydrogen) atoms. The number of carbonyl (C=O) groups excluding carboxylic acids is 1. The lowest BCUT2D eigenvalue weighted by atomic mass is 10.0. The van der Waals surface area contributed by atoms with Crippen molar-refractivity contribution in [2.45, 2.75) is 46.1 Å². The Morgan fingerprint density at radius 1 is 1.30 bits per heavy atom. The zero-order chi connectivity index (χ0) is 17.1. The molecule has 0 radical (unpaired) electrons. The van der Waals surface area contributed by atoms with Gasteiger partial charge in [-0.3, -0.25) is 4.79 Å². The van der Waals surface area contributed by atoms with Crippen molar-refractivity contribution in [1.82, 2.24) is 4.90 Å². The highest BCUT2D eigenvalue weighted by Crippen LogP contribution is 2.08. The van der Waals surface area contributed by atoms with Crippen LogP contribution in [0.15, 0.2) is 54.1 Å². The summed E-state index contributed by atoms with van der Waals surface area (Å²) >= 11 is 0. The predicted octanol–water partition coefficient (Wildman–Crippen LogP) is 3.71. The summed E-state index contributed by atoms with van der Waals surface area (Å²) in [6, 6.07) is 10.3. The van der Waals surface area contributed by atoms with Gasteiger partial charge in [-0.2, -0.15) is 0 Å². The smallest absolute Gasteiger partial charge is 0.219 e. The van der Waals surface area contributed by atoms with E-state index in [4.69, 9.17) is 5.73 Å². The number of benzene rings is 1. The number of carbonyl (C=O) groups is 1. The van der Waals surface area contributed by atoms with Gasteiger partial charge in [0.25, 0.3) is 0 Å². The first kappa shape index (κ1) is 19.2. The maximum atomic E-state index is 11.9. The van der Waals surface area contributed by atoms with Gasteiger partial charge in [-0.15, -0.1) is 0 Å². The second-order valence-electron chi connectivity index (χ2n) is 5.85. The molecule has 1 rings (SSSR count). The highest BCUT2D eigenvalue weighted by molar-refractivity contribution is 5.73. The number of amides is 1. The van der Waals surface area contributed by atoms with Crippen LogP contribution in [0, 0.1) is 0 Å². The van der Waals surface area contributed by atoms with Crippen molar-refractivity contribution in [3.8, 4) is 0 Å². The van der Waals surface area contributed by atoms with E-state index in [-0.39, 0.29) is 11.9 Å². The first-order valence-electron chi connectivity index (χ1n) is 8.43. The van der Waals surface area contributed by atoms with Crippen LogP contribution in [-0.2, 0) is 11.2 Å². The van der Waals surface area contributed by atoms with E-state index in [1.807, 2.05) is 30.0 Å². The molecule has 0 saturated carbocycles. The number of hydrogen-bond donors (Lipinski definition) is 1. The molecule has 1 aromatic carbocycles. The summed E-state index contributed by atoms with van der Waals surface area (Å²) in [5.41, 5.74) is 8.64. The van der Waals surface area contributed by atoms with E-state index >= 15 is 0 Å². The molecule has 0 aliphatic carbocycles. The fourth-order valence-corrected chi connectivity index (χ4v) is 2.42. The van der Waals surface area contributed by atoms with Crippen molar-refractivity contribution < 1.29 is 4.79 Å². The SMILES string of the molecule is C/C=C(\C=C/CC)CN(CC[C@@H](N)Cc1ccccc1)C(C)=O. The molecule has 0 aliphatic rings. The van der Waals surface area contributed by atoms with E-state index < -0.39 is 0 Å². The molecule has 0 saturated heterocycles. The normalized spacial score (nSPS) is 13.3. The molecule has 1 atom stereocenters. The Labute approximate surface area is 140 Å². The van der Waals surface area contributed by atoms with E-state index in [9.17, 15) is 4.79 Å². The minimum absolute atomic E-state index is 0.0690. The maximum absolute atomic E-state index is 11.9. The van der Waals surface area contributed by atoms with Crippen molar-refractivity contribution in [1.29, 1.82) is 0 Å². The minimum atomic E-state index is 0.0690. The van der Waals surface area contributed by atoms with Crippen LogP contribution >= 0.6 is 0 Å². The predicted molar refractivity (Wildman–Crippen MR) is 98.2 cm³/mol. The number of rotatable bonds is 9. The van der Waals surface area contributed by atoms with Crippen LogP contribution in [0.3, 0.4) is 0 Å². The first-order valence-corrected chi connectivity index (χ1v) is 8.43. The number of nitrogens with two attached hydrogens (primary N) is 1. The molecule has 1 aromatic rings. The second-order valence-corrected chi connectivity index (χ2v) is 5.85. The minimum Gasteiger partial charge on any atom is -0.339 e. The van der Waals surface area contributed by atoms with Crippen LogP contribution in [-0.4, -0.2) is 29.9 Å². The van der Waals surface area contributed by atoms with Crippen molar-refractivity contribution >= 4 is 5.91 Å². The fraction of sp³-hybridized carbons (Fsp3) is 0.450. The van der Waals surface area contributed by atoms with Crippen molar-refractivity contribution in [3.05, 3.63) is 59.7 Å². The lowest BCUT2D eigenvalue weighted by molar-refractivity contribution is -0.128. The number of allylic oxidation sites excluding steroid dienone is 2. The molecule has 3 heteroatoms. The van der Waals surface area contributed by atoms with Gasteiger partial charge in [-0.25, -0.2) is 0 Å². The van der Waals surface area contributed by atoms with E-state index in [2.05, 4.69) is 37.3 Å². The molecule has 0 spiro atoms. The Bertz CT molecular complexity index is 520. The number of nitrogens with zero attached hydrogens (tertiary/aromatic N) is 1. The molecule has 0 aliphatic heterocycles. The maximum Gasteiger partial charge on any atom is 0.219 e. The summed E-state index contributed by atoms with van der Waals surface area (Å²) < 4.78 is 0. The lowest BCUT2D eigenvalue weighted by Gasteiger charge is -2.23. The van der Waals surface area contributed by atoms with Crippen molar-refractivity contribution in [2.24, 2.45) is 5.73 Å². The molecule has 3 nitrogen and oxygen atoms in total. The molecule has 1 amide bonds. The molecule has 0 bridgehead atoms. The molecule has 2 N–H and O–H groups in total. The lowest BCUT2D eigenvalue weighted by Crippen LogP contribution is -2.35. The van der Waals surface area contributed by atoms with E-state index in [0.717, 1.165) is 19.3 Å². The van der Waals surface area contributed by atoms with Gasteiger partial charge >= 0.3 is 0 Å². The number of hydrogen-bond acceptors (Lipinski definition) is 2. The fourth-order valence-electron chi connectivity index (χ4n) is 2.42. The van der Waals surface area contributed by atoms with Crippen LogP contribution in [0.25, 0.3) is 0 Å². The summed E-state index contributed by atoms with van der Waals surface area (Å²) in [5.74, 6) is 0.0983. The van der Waals surface area contributed by atoms with Gasteiger partial charge in [0.15, 0.2) is 0 Å². The quantitative estimate of drug-likeness (QED) is 0.706. The summed E-state index contributed by atoms with van der Waals surface area (Å²) in [6.45, 7) is 7.09. The Hall–Kier alpha value is -1.87. The zero-order valence-corrected chi connectivity index (χ0v) is 14.7. The van der Waals surface area contributed by atoms with Gasteiger partial charge in [-0.05, 0) is 37.3 Å². The molecule has 0 fully saturated rings. The molecule has 0 heterocycles. The average molecular weight is 314 g/mol. The van der Waals surface area contributed by atoms with Gasteiger partial charge in [0.1, 0.15) is 0 Å². The summed E-state index contributed by atoms with van der Waals surface area (Å²) in [4.78, 5) is 13.7. The van der Waals surface area contributed by atoms with Crippen LogP contribution < -0.4 is 5.73 Å². The first-order chi connectivity index (χ1) is 11.1. The van der Waals surface area contributed by atoms with Crippen LogP contribution in [0.5, 0.6) is 0 Å². The highest BCUT2D eigenvalue weighted by Gasteiger charge is 2.12.